The number of H-pyrrole nitrogens is 1. The van der Waals surface area contributed by atoms with Crippen molar-refractivity contribution in [3.63, 3.8) is 0 Å². The number of carboxylic acid groups (broad SMARTS) is 2. The molecule has 1 saturated heterocycles. The van der Waals surface area contributed by atoms with E-state index in [0.29, 0.717) is 5.57 Å². The molecule has 2 aromatic heterocycles. The highest BCUT2D eigenvalue weighted by molar-refractivity contribution is 8.02. The molecule has 1 unspecified atom stereocenters. The summed E-state index contributed by atoms with van der Waals surface area (Å²) >= 11 is 3.76. The lowest BCUT2D eigenvalue weighted by Crippen LogP contribution is -2.71. The topological polar surface area (TPSA) is 217 Å². The molecule has 4 heterocycles. The van der Waals surface area contributed by atoms with Crippen molar-refractivity contribution < 1.29 is 43.0 Å². The van der Waals surface area contributed by atoms with Gasteiger partial charge in [-0.3, -0.25) is 23.7 Å². The number of aromatic nitrogens is 2. The molecule has 0 spiro atoms. The highest BCUT2D eigenvalue weighted by Crippen LogP contribution is 2.42. The molecule has 6 N–H and O–H groups in total. The van der Waals surface area contributed by atoms with Crippen LogP contribution >= 0.6 is 46.4 Å². The fraction of sp³-hybridized carbons (Fsp3) is 0.278. The van der Waals surface area contributed by atoms with Gasteiger partial charge in [-0.1, -0.05) is 16.7 Å². The normalized spacial score (nSPS) is 19.3. The number of fused-ring (bicyclic) bond motifs is 1. The van der Waals surface area contributed by atoms with Crippen LogP contribution in [0.2, 0.25) is 0 Å². The molecule has 202 valence electrons. The third-order valence-electron chi connectivity index (χ3n) is 5.00. The Kier molecular flexibility index (Phi) is 8.04. The van der Waals surface area contributed by atoms with Crippen molar-refractivity contribution >= 4 is 81.0 Å². The van der Waals surface area contributed by atoms with Gasteiger partial charge in [0.15, 0.2) is 16.4 Å². The van der Waals surface area contributed by atoms with E-state index in [1.165, 1.54) is 5.38 Å². The van der Waals surface area contributed by atoms with Crippen LogP contribution in [0.15, 0.2) is 30.8 Å². The zero-order chi connectivity index (χ0) is 27.7. The molecule has 4 rings (SSSR count). The first-order valence-corrected chi connectivity index (χ1v) is 13.7. The molecule has 0 saturated carbocycles. The lowest BCUT2D eigenvalue weighted by Gasteiger charge is -2.49. The number of rotatable bonds is 10. The standard InChI is InChI=1S/C18H14F2N6O8S4/c19-17(20)34-24-7(5-3-37-18(21)22-5)11(28)23-8-12(29)26-9(15(32)33)4(1-35-13(8)26)2-36-16-6(14(30)31)10(27)25-38-16/h3,8,13,17H,1-2H2,(H2,21,22)(H,23,28)(H,25,27)(H,30,31)(H,32,33)/t8?,13-/m1/s1. The maximum Gasteiger partial charge on any atom is 0.407 e. The van der Waals surface area contributed by atoms with Gasteiger partial charge in [-0.15, -0.1) is 34.9 Å². The number of nitrogen functional groups attached to an aromatic ring is 1. The Bertz CT molecular complexity index is 1440. The van der Waals surface area contributed by atoms with Gasteiger partial charge in [0.25, 0.3) is 17.4 Å². The Morgan fingerprint density at radius 2 is 2.08 bits per heavy atom. The first-order valence-electron chi connectivity index (χ1n) is 10.0. The van der Waals surface area contributed by atoms with Crippen molar-refractivity contribution in [2.24, 2.45) is 5.16 Å². The number of aromatic amines is 1. The van der Waals surface area contributed by atoms with Crippen LogP contribution in [-0.4, -0.2) is 83.5 Å². The number of aromatic carboxylic acids is 1. The van der Waals surface area contributed by atoms with E-state index in [1.54, 1.807) is 0 Å². The number of thiazole rings is 1. The molecule has 2 amide bonds. The molecule has 2 aliphatic heterocycles. The van der Waals surface area contributed by atoms with Gasteiger partial charge in [0.2, 0.25) is 0 Å². The predicted molar refractivity (Wildman–Crippen MR) is 132 cm³/mol. The fourth-order valence-corrected chi connectivity index (χ4v) is 7.42. The highest BCUT2D eigenvalue weighted by Gasteiger charge is 2.54. The number of carboxylic acids is 2. The molecule has 0 aliphatic carbocycles. The van der Waals surface area contributed by atoms with Gasteiger partial charge in [-0.2, -0.15) is 8.78 Å². The van der Waals surface area contributed by atoms with Crippen LogP contribution in [0.3, 0.4) is 0 Å². The summed E-state index contributed by atoms with van der Waals surface area (Å²) in [6.07, 6.45) is 0. The lowest BCUT2D eigenvalue weighted by molar-refractivity contribution is -0.150. The van der Waals surface area contributed by atoms with Crippen molar-refractivity contribution in [2.75, 3.05) is 17.2 Å². The van der Waals surface area contributed by atoms with Crippen molar-refractivity contribution in [1.29, 1.82) is 0 Å². The second-order valence-corrected chi connectivity index (χ2v) is 11.3. The number of anilines is 1. The van der Waals surface area contributed by atoms with E-state index < -0.39 is 58.6 Å². The molecule has 0 aromatic carbocycles. The molecule has 0 radical (unpaired) electrons. The largest absolute Gasteiger partial charge is 0.477 e. The molecule has 1 fully saturated rings. The molecule has 2 aliphatic rings. The van der Waals surface area contributed by atoms with Crippen LogP contribution in [0, 0.1) is 0 Å². The average molecular weight is 609 g/mol. The number of aliphatic carboxylic acids is 1. The smallest absolute Gasteiger partial charge is 0.407 e. The van der Waals surface area contributed by atoms with Gasteiger partial charge in [0.05, 0.1) is 4.21 Å². The van der Waals surface area contributed by atoms with Crippen molar-refractivity contribution in [1.82, 2.24) is 19.6 Å². The number of carbonyl (C=O) groups is 4. The van der Waals surface area contributed by atoms with Crippen LogP contribution in [-0.2, 0) is 19.2 Å². The number of amides is 2. The zero-order valence-corrected chi connectivity index (χ0v) is 21.6. The summed E-state index contributed by atoms with van der Waals surface area (Å²) in [5.41, 5.74) is 3.42. The number of nitrogens with zero attached hydrogens (tertiary/aromatic N) is 3. The predicted octanol–water partition coefficient (Wildman–Crippen LogP) is 0.647. The molecule has 2 aromatic rings. The van der Waals surface area contributed by atoms with E-state index in [-0.39, 0.29) is 32.2 Å². The monoisotopic (exact) mass is 608 g/mol. The average Bonchev–Trinajstić information content (AvgIpc) is 3.45. The maximum absolute atomic E-state index is 12.9. The van der Waals surface area contributed by atoms with Gasteiger partial charge >= 0.3 is 18.6 Å². The van der Waals surface area contributed by atoms with E-state index in [4.69, 9.17) is 5.73 Å². The second kappa shape index (κ2) is 11.1. The Labute approximate surface area is 226 Å². The van der Waals surface area contributed by atoms with Crippen LogP contribution in [0.25, 0.3) is 0 Å². The van der Waals surface area contributed by atoms with E-state index in [1.807, 2.05) is 0 Å². The number of hydrogen-bond donors (Lipinski definition) is 5. The minimum Gasteiger partial charge on any atom is -0.477 e. The van der Waals surface area contributed by atoms with Gasteiger partial charge in [0.1, 0.15) is 22.8 Å². The number of alkyl halides is 2. The van der Waals surface area contributed by atoms with Crippen LogP contribution in [0.1, 0.15) is 16.1 Å². The first kappa shape index (κ1) is 27.5. The summed E-state index contributed by atoms with van der Waals surface area (Å²) in [5.74, 6) is -4.62. The maximum atomic E-state index is 12.9. The number of thioether (sulfide) groups is 2. The molecule has 0 bridgehead atoms. The molecule has 20 heteroatoms. The minimum absolute atomic E-state index is 0.0234. The summed E-state index contributed by atoms with van der Waals surface area (Å²) < 4.78 is 27.5. The third-order valence-corrected chi connectivity index (χ3v) is 9.25. The van der Waals surface area contributed by atoms with Crippen molar-refractivity contribution in [3.8, 4) is 0 Å². The number of nitrogens with two attached hydrogens (primary N) is 1. The number of nitrogens with one attached hydrogen (secondary N) is 2. The number of carbonyl (C=O) groups excluding carboxylic acids is 2. The summed E-state index contributed by atoms with van der Waals surface area (Å²) in [7, 11) is 0. The number of β-lactam (4-membered cyclic amide) rings is 1. The van der Waals surface area contributed by atoms with E-state index in [0.717, 1.165) is 51.3 Å². The Morgan fingerprint density at radius 1 is 1.34 bits per heavy atom. The first-order chi connectivity index (χ1) is 18.0. The Balaban J connectivity index is 1.51. The molecular weight excluding hydrogens is 594 g/mol. The van der Waals surface area contributed by atoms with Gasteiger partial charge in [-0.05, 0) is 5.57 Å². The lowest BCUT2D eigenvalue weighted by atomic mass is 10.0. The van der Waals surface area contributed by atoms with Gasteiger partial charge in [0, 0.05) is 16.9 Å². The summed E-state index contributed by atoms with van der Waals surface area (Å²) in [4.78, 5) is 69.4. The minimum atomic E-state index is -3.33. The Morgan fingerprint density at radius 3 is 2.68 bits per heavy atom. The zero-order valence-electron chi connectivity index (χ0n) is 18.4. The van der Waals surface area contributed by atoms with Crippen molar-refractivity contribution in [2.45, 2.75) is 22.2 Å². The summed E-state index contributed by atoms with van der Waals surface area (Å²) in [6.45, 7) is -3.33. The SMILES string of the molecule is Nc1nc(C(=NOC(F)F)C(=O)NC2C(=O)N3C(C(=O)O)=C(CSc4s[nH]c(=O)c4C(=O)O)CS[C@H]23)cs1. The number of halogens is 2. The quantitative estimate of drug-likeness (QED) is 0.109. The Hall–Kier alpha value is -3.49. The molecule has 2 atom stereocenters. The van der Waals surface area contributed by atoms with E-state index >= 15 is 0 Å². The van der Waals surface area contributed by atoms with Crippen LogP contribution in [0.5, 0.6) is 0 Å². The fourth-order valence-electron chi connectivity index (χ4n) is 3.42. The van der Waals surface area contributed by atoms with E-state index in [2.05, 4.69) is 24.7 Å². The van der Waals surface area contributed by atoms with Gasteiger partial charge in [-0.25, -0.2) is 14.6 Å². The van der Waals surface area contributed by atoms with Crippen LogP contribution < -0.4 is 16.6 Å². The molecular formula is C18H14F2N6O8S4. The molecule has 14 nitrogen and oxygen atoms in total. The van der Waals surface area contributed by atoms with Crippen LogP contribution in [0.4, 0.5) is 13.9 Å². The highest BCUT2D eigenvalue weighted by atomic mass is 32.2. The van der Waals surface area contributed by atoms with E-state index in [9.17, 15) is 43.0 Å². The third kappa shape index (κ3) is 5.37. The second-order valence-electron chi connectivity index (χ2n) is 7.28. The number of hydrogen-bond acceptors (Lipinski definition) is 13. The summed E-state index contributed by atoms with van der Waals surface area (Å²) in [5, 5.41) is 24.9. The summed E-state index contributed by atoms with van der Waals surface area (Å²) in [6, 6.07) is -1.21. The number of oxime groups is 1. The van der Waals surface area contributed by atoms with Crippen molar-refractivity contribution in [3.05, 3.63) is 38.3 Å². The van der Waals surface area contributed by atoms with Gasteiger partial charge < -0.3 is 26.1 Å². The molecule has 38 heavy (non-hydrogen) atoms.